The number of unbranched alkanes of at least 4 members (excludes halogenated alkanes) is 5. The van der Waals surface area contributed by atoms with E-state index in [1.165, 1.54) is 32.1 Å². The van der Waals surface area contributed by atoms with Crippen molar-refractivity contribution in [2.45, 2.75) is 96.5 Å². The van der Waals surface area contributed by atoms with E-state index < -0.39 is 0 Å². The third-order valence-corrected chi connectivity index (χ3v) is 4.14. The van der Waals surface area contributed by atoms with Crippen molar-refractivity contribution in [3.05, 3.63) is 0 Å². The van der Waals surface area contributed by atoms with Crippen molar-refractivity contribution in [1.29, 1.82) is 0 Å². The summed E-state index contributed by atoms with van der Waals surface area (Å²) in [7, 11) is 0. The van der Waals surface area contributed by atoms with E-state index >= 15 is 0 Å². The summed E-state index contributed by atoms with van der Waals surface area (Å²) in [6.45, 7) is 2.67. The molecule has 0 amide bonds. The van der Waals surface area contributed by atoms with Crippen LogP contribution in [0.1, 0.15) is 90.4 Å². The van der Waals surface area contributed by atoms with Gasteiger partial charge in [0.25, 0.3) is 0 Å². The van der Waals surface area contributed by atoms with Gasteiger partial charge in [-0.25, -0.2) is 0 Å². The Bertz CT molecular complexity index is 308. The highest BCUT2D eigenvalue weighted by Crippen LogP contribution is 2.20. The number of esters is 2. The molecule has 0 bridgehead atoms. The minimum absolute atomic E-state index is 0.0698. The predicted molar refractivity (Wildman–Crippen MR) is 86.5 cm³/mol. The maximum atomic E-state index is 11.7. The molecule has 1 aliphatic rings. The SMILES string of the molecule is CCCCCCCCOC(=O)CCC(=O)OC1CCCCC1. The second kappa shape index (κ2) is 12.5. The molecule has 0 aromatic heterocycles. The molecule has 1 rings (SSSR count). The largest absolute Gasteiger partial charge is 0.466 e. The van der Waals surface area contributed by atoms with E-state index in [4.69, 9.17) is 9.47 Å². The molecule has 0 saturated heterocycles. The van der Waals surface area contributed by atoms with Crippen molar-refractivity contribution in [2.24, 2.45) is 0 Å². The molecular formula is C18H32O4. The quantitative estimate of drug-likeness (QED) is 0.415. The topological polar surface area (TPSA) is 52.6 Å². The Morgan fingerprint density at radius 3 is 2.23 bits per heavy atom. The molecule has 1 saturated carbocycles. The summed E-state index contributed by atoms with van der Waals surface area (Å²) < 4.78 is 10.5. The van der Waals surface area contributed by atoms with Crippen LogP contribution < -0.4 is 0 Å². The molecule has 0 unspecified atom stereocenters. The van der Waals surface area contributed by atoms with Crippen molar-refractivity contribution in [2.75, 3.05) is 6.61 Å². The first-order valence-corrected chi connectivity index (χ1v) is 9.07. The average molecular weight is 312 g/mol. The summed E-state index contributed by atoms with van der Waals surface area (Å²) in [5, 5.41) is 0. The van der Waals surface area contributed by atoms with Crippen LogP contribution in [0.15, 0.2) is 0 Å². The Morgan fingerprint density at radius 1 is 0.864 bits per heavy atom. The van der Waals surface area contributed by atoms with Crippen LogP contribution in [-0.4, -0.2) is 24.6 Å². The lowest BCUT2D eigenvalue weighted by Crippen LogP contribution is -2.21. The molecule has 1 fully saturated rings. The lowest BCUT2D eigenvalue weighted by molar-refractivity contribution is -0.154. The lowest BCUT2D eigenvalue weighted by atomic mass is 9.98. The molecule has 0 radical (unpaired) electrons. The predicted octanol–water partition coefficient (Wildman–Crippen LogP) is 4.55. The van der Waals surface area contributed by atoms with Crippen LogP contribution in [-0.2, 0) is 19.1 Å². The molecule has 128 valence electrons. The first kappa shape index (κ1) is 19.0. The summed E-state index contributed by atoms with van der Waals surface area (Å²) >= 11 is 0. The van der Waals surface area contributed by atoms with Gasteiger partial charge < -0.3 is 9.47 Å². The molecule has 0 atom stereocenters. The van der Waals surface area contributed by atoms with E-state index in [-0.39, 0.29) is 30.9 Å². The second-order valence-corrected chi connectivity index (χ2v) is 6.24. The highest BCUT2D eigenvalue weighted by molar-refractivity contribution is 5.77. The number of carbonyl (C=O) groups excluding carboxylic acids is 2. The number of ether oxygens (including phenoxy) is 2. The Kier molecular flexibility index (Phi) is 10.8. The van der Waals surface area contributed by atoms with Crippen molar-refractivity contribution in [3.63, 3.8) is 0 Å². The second-order valence-electron chi connectivity index (χ2n) is 6.24. The molecular weight excluding hydrogens is 280 g/mol. The van der Waals surface area contributed by atoms with E-state index in [1.807, 2.05) is 0 Å². The van der Waals surface area contributed by atoms with Crippen molar-refractivity contribution in [3.8, 4) is 0 Å². The highest BCUT2D eigenvalue weighted by atomic mass is 16.5. The Labute approximate surface area is 134 Å². The molecule has 0 aliphatic heterocycles. The Balaban J connectivity index is 1.94. The minimum Gasteiger partial charge on any atom is -0.466 e. The maximum Gasteiger partial charge on any atom is 0.306 e. The summed E-state index contributed by atoms with van der Waals surface area (Å²) in [5.74, 6) is -0.544. The van der Waals surface area contributed by atoms with Gasteiger partial charge in [0.05, 0.1) is 19.4 Å². The molecule has 0 spiro atoms. The number of hydrogen-bond donors (Lipinski definition) is 0. The van der Waals surface area contributed by atoms with Gasteiger partial charge in [0.1, 0.15) is 6.10 Å². The van der Waals surface area contributed by atoms with Gasteiger partial charge in [0, 0.05) is 0 Å². The van der Waals surface area contributed by atoms with Crippen molar-refractivity contribution < 1.29 is 19.1 Å². The van der Waals surface area contributed by atoms with E-state index in [2.05, 4.69) is 6.92 Å². The Hall–Kier alpha value is -1.06. The zero-order chi connectivity index (χ0) is 16.0. The normalized spacial score (nSPS) is 15.5. The molecule has 4 heteroatoms. The van der Waals surface area contributed by atoms with Gasteiger partial charge in [-0.15, -0.1) is 0 Å². The van der Waals surface area contributed by atoms with Crippen LogP contribution in [0.5, 0.6) is 0 Å². The Morgan fingerprint density at radius 2 is 1.50 bits per heavy atom. The third-order valence-electron chi connectivity index (χ3n) is 4.14. The average Bonchev–Trinajstić information content (AvgIpc) is 2.53. The fourth-order valence-corrected chi connectivity index (χ4v) is 2.77. The summed E-state index contributed by atoms with van der Waals surface area (Å²) in [6, 6.07) is 0. The van der Waals surface area contributed by atoms with Gasteiger partial charge in [0.15, 0.2) is 0 Å². The zero-order valence-electron chi connectivity index (χ0n) is 14.1. The van der Waals surface area contributed by atoms with Crippen LogP contribution >= 0.6 is 0 Å². The maximum absolute atomic E-state index is 11.7. The van der Waals surface area contributed by atoms with Gasteiger partial charge in [-0.3, -0.25) is 9.59 Å². The number of rotatable bonds is 11. The smallest absolute Gasteiger partial charge is 0.306 e. The van der Waals surface area contributed by atoms with E-state index in [0.29, 0.717) is 6.61 Å². The van der Waals surface area contributed by atoms with Gasteiger partial charge in [-0.1, -0.05) is 45.4 Å². The van der Waals surface area contributed by atoms with Crippen molar-refractivity contribution >= 4 is 11.9 Å². The standard InChI is InChI=1S/C18H32O4/c1-2-3-4-5-6-10-15-21-17(19)13-14-18(20)22-16-11-8-7-9-12-16/h16H,2-15H2,1H3. The zero-order valence-corrected chi connectivity index (χ0v) is 14.1. The van der Waals surface area contributed by atoms with Crippen LogP contribution in [0.2, 0.25) is 0 Å². The molecule has 0 heterocycles. The molecule has 0 aromatic rings. The van der Waals surface area contributed by atoms with Gasteiger partial charge in [-0.2, -0.15) is 0 Å². The lowest BCUT2D eigenvalue weighted by Gasteiger charge is -2.21. The first-order valence-electron chi connectivity index (χ1n) is 9.07. The van der Waals surface area contributed by atoms with Crippen LogP contribution in [0.25, 0.3) is 0 Å². The van der Waals surface area contributed by atoms with Crippen LogP contribution in [0, 0.1) is 0 Å². The first-order chi connectivity index (χ1) is 10.7. The van der Waals surface area contributed by atoms with Crippen LogP contribution in [0.4, 0.5) is 0 Å². The number of hydrogen-bond acceptors (Lipinski definition) is 4. The molecule has 1 aliphatic carbocycles. The fraction of sp³-hybridized carbons (Fsp3) is 0.889. The summed E-state index contributed by atoms with van der Waals surface area (Å²) in [5.41, 5.74) is 0. The summed E-state index contributed by atoms with van der Waals surface area (Å²) in [6.07, 6.45) is 12.8. The van der Waals surface area contributed by atoms with Crippen molar-refractivity contribution in [1.82, 2.24) is 0 Å². The van der Waals surface area contributed by atoms with E-state index in [0.717, 1.165) is 38.5 Å². The molecule has 0 aromatic carbocycles. The summed E-state index contributed by atoms with van der Waals surface area (Å²) in [4.78, 5) is 23.2. The molecule has 22 heavy (non-hydrogen) atoms. The van der Waals surface area contributed by atoms with Crippen LogP contribution in [0.3, 0.4) is 0 Å². The fourth-order valence-electron chi connectivity index (χ4n) is 2.77. The molecule has 4 nitrogen and oxygen atoms in total. The monoisotopic (exact) mass is 312 g/mol. The molecule has 0 N–H and O–H groups in total. The minimum atomic E-state index is -0.283. The highest BCUT2D eigenvalue weighted by Gasteiger charge is 2.18. The third kappa shape index (κ3) is 9.80. The van der Waals surface area contributed by atoms with E-state index in [9.17, 15) is 9.59 Å². The van der Waals surface area contributed by atoms with Gasteiger partial charge in [-0.05, 0) is 32.1 Å². The van der Waals surface area contributed by atoms with E-state index in [1.54, 1.807) is 0 Å². The van der Waals surface area contributed by atoms with Gasteiger partial charge in [0.2, 0.25) is 0 Å². The van der Waals surface area contributed by atoms with Gasteiger partial charge >= 0.3 is 11.9 Å². The number of carbonyl (C=O) groups is 2.